The number of carbonyl (C=O) groups is 2. The number of nitrogens with zero attached hydrogens (tertiary/aromatic N) is 2. The Bertz CT molecular complexity index is 921. The maximum atomic E-state index is 12.0. The van der Waals surface area contributed by atoms with E-state index in [1.54, 1.807) is 11.9 Å². The molecule has 0 atom stereocenters. The van der Waals surface area contributed by atoms with Crippen LogP contribution in [-0.2, 0) is 9.59 Å². The van der Waals surface area contributed by atoms with Gasteiger partial charge in [-0.25, -0.2) is 0 Å². The lowest BCUT2D eigenvalue weighted by Crippen LogP contribution is -2.27. The zero-order chi connectivity index (χ0) is 22.8. The number of carbonyl (C=O) groups excluding carboxylic acids is 2. The zero-order valence-electron chi connectivity index (χ0n) is 18.8. The zero-order valence-corrected chi connectivity index (χ0v) is 18.8. The summed E-state index contributed by atoms with van der Waals surface area (Å²) in [5.74, 6) is 0.740. The highest BCUT2D eigenvalue weighted by atomic mass is 16.3. The SMILES string of the molecule is CN1C(=O)CN=C(c2ccccc2)c2ccccc21.O=C(CCC1CCCCC1)NCO. The number of benzodiazepines with no additional fused rings is 1. The van der Waals surface area contributed by atoms with Crippen molar-refractivity contribution in [3.63, 3.8) is 0 Å². The van der Waals surface area contributed by atoms with Crippen LogP contribution >= 0.6 is 0 Å². The molecule has 32 heavy (non-hydrogen) atoms. The summed E-state index contributed by atoms with van der Waals surface area (Å²) in [7, 11) is 1.80. The summed E-state index contributed by atoms with van der Waals surface area (Å²) in [6.07, 6.45) is 8.15. The number of benzene rings is 2. The molecule has 2 amide bonds. The molecule has 0 aromatic heterocycles. The van der Waals surface area contributed by atoms with Crippen molar-refractivity contribution in [1.29, 1.82) is 0 Å². The van der Waals surface area contributed by atoms with E-state index in [1.165, 1.54) is 32.1 Å². The fourth-order valence-electron chi connectivity index (χ4n) is 4.27. The van der Waals surface area contributed by atoms with Gasteiger partial charge in [0.05, 0.1) is 11.4 Å². The molecule has 0 bridgehead atoms. The Morgan fingerprint density at radius 1 is 1.06 bits per heavy atom. The van der Waals surface area contributed by atoms with E-state index < -0.39 is 0 Å². The first-order valence-electron chi connectivity index (χ1n) is 11.4. The van der Waals surface area contributed by atoms with Crippen molar-refractivity contribution in [2.24, 2.45) is 10.9 Å². The Kier molecular flexibility index (Phi) is 8.99. The lowest BCUT2D eigenvalue weighted by molar-refractivity contribution is -0.122. The van der Waals surface area contributed by atoms with Gasteiger partial charge in [0.15, 0.2) is 0 Å². The summed E-state index contributed by atoms with van der Waals surface area (Å²) in [4.78, 5) is 29.2. The van der Waals surface area contributed by atoms with Crippen LogP contribution in [-0.4, -0.2) is 43.0 Å². The molecule has 2 aromatic carbocycles. The first-order chi connectivity index (χ1) is 15.6. The molecule has 1 heterocycles. The van der Waals surface area contributed by atoms with Crippen LogP contribution in [0.3, 0.4) is 0 Å². The smallest absolute Gasteiger partial charge is 0.248 e. The Balaban J connectivity index is 0.000000195. The second-order valence-corrected chi connectivity index (χ2v) is 8.30. The minimum absolute atomic E-state index is 0.0124. The highest BCUT2D eigenvalue weighted by molar-refractivity contribution is 6.19. The van der Waals surface area contributed by atoms with Gasteiger partial charge >= 0.3 is 0 Å². The van der Waals surface area contributed by atoms with Crippen LogP contribution < -0.4 is 10.2 Å². The van der Waals surface area contributed by atoms with Crippen LogP contribution in [0.4, 0.5) is 5.69 Å². The van der Waals surface area contributed by atoms with Crippen LogP contribution in [0, 0.1) is 5.92 Å². The monoisotopic (exact) mass is 435 g/mol. The van der Waals surface area contributed by atoms with E-state index in [-0.39, 0.29) is 25.1 Å². The third kappa shape index (κ3) is 6.50. The number of fused-ring (bicyclic) bond motifs is 1. The molecule has 0 unspecified atom stereocenters. The number of hydrogen-bond donors (Lipinski definition) is 2. The van der Waals surface area contributed by atoms with Gasteiger partial charge in [-0.3, -0.25) is 14.6 Å². The van der Waals surface area contributed by atoms with Gasteiger partial charge in [-0.1, -0.05) is 80.6 Å². The Hall–Kier alpha value is -2.99. The fourth-order valence-corrected chi connectivity index (χ4v) is 4.27. The number of amides is 2. The Labute approximate surface area is 190 Å². The largest absolute Gasteiger partial charge is 0.377 e. The molecule has 1 saturated carbocycles. The highest BCUT2D eigenvalue weighted by Gasteiger charge is 2.21. The predicted octanol–water partition coefficient (Wildman–Crippen LogP) is 3.91. The van der Waals surface area contributed by atoms with Crippen molar-refractivity contribution < 1.29 is 14.7 Å². The molecule has 6 nitrogen and oxygen atoms in total. The van der Waals surface area contributed by atoms with Gasteiger partial charge in [-0.2, -0.15) is 0 Å². The quantitative estimate of drug-likeness (QED) is 0.699. The molecule has 2 aliphatic rings. The summed E-state index contributed by atoms with van der Waals surface area (Å²) in [5, 5.41) is 10.8. The number of rotatable bonds is 5. The van der Waals surface area contributed by atoms with Crippen molar-refractivity contribution in [3.05, 3.63) is 65.7 Å². The molecule has 1 aliphatic carbocycles. The number of anilines is 1. The van der Waals surface area contributed by atoms with Gasteiger partial charge in [0, 0.05) is 24.6 Å². The average molecular weight is 436 g/mol. The van der Waals surface area contributed by atoms with Gasteiger partial charge in [0.25, 0.3) is 0 Å². The maximum absolute atomic E-state index is 12.0. The van der Waals surface area contributed by atoms with Crippen molar-refractivity contribution in [3.8, 4) is 0 Å². The lowest BCUT2D eigenvalue weighted by atomic mass is 9.86. The summed E-state index contributed by atoms with van der Waals surface area (Å²) in [5.41, 5.74) is 3.83. The molecule has 1 aliphatic heterocycles. The number of likely N-dealkylation sites (N-methyl/N-ethyl adjacent to an activating group) is 1. The number of nitrogens with one attached hydrogen (secondary N) is 1. The van der Waals surface area contributed by atoms with E-state index in [0.717, 1.165) is 34.9 Å². The number of hydrogen-bond acceptors (Lipinski definition) is 4. The number of para-hydroxylation sites is 1. The third-order valence-corrected chi connectivity index (χ3v) is 6.09. The molecule has 0 radical (unpaired) electrons. The average Bonchev–Trinajstić information content (AvgIpc) is 2.96. The standard InChI is InChI=1S/C16H14N2O.C10H19NO2/c1-18-14-10-6-5-9-13(14)16(17-11-15(18)19)12-7-3-2-4-8-12;12-8-11-10(13)7-6-9-4-2-1-3-5-9/h2-10H,11H2,1H3;9,12H,1-8H2,(H,11,13). The normalized spacial score (nSPS) is 16.2. The first-order valence-corrected chi connectivity index (χ1v) is 11.4. The molecule has 0 saturated heterocycles. The fraction of sp³-hybridized carbons (Fsp3) is 0.423. The minimum Gasteiger partial charge on any atom is -0.377 e. The molecule has 2 N–H and O–H groups in total. The molecule has 170 valence electrons. The van der Waals surface area contributed by atoms with E-state index in [4.69, 9.17) is 5.11 Å². The van der Waals surface area contributed by atoms with Crippen LogP contribution in [0.15, 0.2) is 59.6 Å². The van der Waals surface area contributed by atoms with Crippen molar-refractivity contribution in [2.75, 3.05) is 25.2 Å². The van der Waals surface area contributed by atoms with Gasteiger partial charge < -0.3 is 15.3 Å². The van der Waals surface area contributed by atoms with E-state index in [1.807, 2.05) is 54.6 Å². The number of aliphatic hydroxyl groups excluding tert-OH is 1. The second-order valence-electron chi connectivity index (χ2n) is 8.30. The topological polar surface area (TPSA) is 82.0 Å². The number of aliphatic imine (C=N–C) groups is 1. The Morgan fingerprint density at radius 3 is 2.47 bits per heavy atom. The summed E-state index contributed by atoms with van der Waals surface area (Å²) >= 11 is 0. The van der Waals surface area contributed by atoms with Crippen LogP contribution in [0.2, 0.25) is 0 Å². The highest BCUT2D eigenvalue weighted by Crippen LogP contribution is 2.27. The molecule has 6 heteroatoms. The first kappa shape index (κ1) is 23.7. The van der Waals surface area contributed by atoms with E-state index in [9.17, 15) is 9.59 Å². The van der Waals surface area contributed by atoms with Crippen molar-refractivity contribution >= 4 is 23.2 Å². The summed E-state index contributed by atoms with van der Waals surface area (Å²) < 4.78 is 0. The van der Waals surface area contributed by atoms with Crippen molar-refractivity contribution in [2.45, 2.75) is 44.9 Å². The molecule has 4 rings (SSSR count). The van der Waals surface area contributed by atoms with Gasteiger partial charge in [0.1, 0.15) is 13.3 Å². The van der Waals surface area contributed by atoms with E-state index >= 15 is 0 Å². The number of aliphatic hydroxyl groups is 1. The van der Waals surface area contributed by atoms with E-state index in [0.29, 0.717) is 6.42 Å². The van der Waals surface area contributed by atoms with E-state index in [2.05, 4.69) is 10.3 Å². The molecular weight excluding hydrogens is 402 g/mol. The Morgan fingerprint density at radius 2 is 1.75 bits per heavy atom. The molecule has 0 spiro atoms. The summed E-state index contributed by atoms with van der Waals surface area (Å²) in [6, 6.07) is 17.9. The molecular formula is C26H33N3O3. The molecule has 2 aromatic rings. The van der Waals surface area contributed by atoms with Gasteiger partial charge in [-0.15, -0.1) is 0 Å². The second kappa shape index (κ2) is 12.2. The van der Waals surface area contributed by atoms with Crippen LogP contribution in [0.25, 0.3) is 0 Å². The van der Waals surface area contributed by atoms with Crippen LogP contribution in [0.5, 0.6) is 0 Å². The lowest BCUT2D eigenvalue weighted by Gasteiger charge is -2.20. The van der Waals surface area contributed by atoms with Gasteiger partial charge in [0.2, 0.25) is 11.8 Å². The predicted molar refractivity (Wildman–Crippen MR) is 128 cm³/mol. The minimum atomic E-state index is -0.233. The van der Waals surface area contributed by atoms with Gasteiger partial charge in [-0.05, 0) is 18.4 Å². The summed E-state index contributed by atoms with van der Waals surface area (Å²) in [6.45, 7) is -0.0428. The van der Waals surface area contributed by atoms with Crippen molar-refractivity contribution in [1.82, 2.24) is 5.32 Å². The van der Waals surface area contributed by atoms with Crippen LogP contribution in [0.1, 0.15) is 56.1 Å². The maximum Gasteiger partial charge on any atom is 0.248 e. The third-order valence-electron chi connectivity index (χ3n) is 6.09. The molecule has 1 fully saturated rings.